The molecule has 0 radical (unpaired) electrons. The molecule has 0 aliphatic rings. The standard InChI is InChI=1S/C8H10BrNO3S/c1-5-3-4-7(6(2)8(5)9)13-14(10,11)12/h3-4H,1-2H3,(H2,10,11,12). The zero-order valence-electron chi connectivity index (χ0n) is 7.74. The number of nitrogens with two attached hydrogens (primary N) is 1. The highest BCUT2D eigenvalue weighted by atomic mass is 79.9. The largest absolute Gasteiger partial charge is 0.380 e. The van der Waals surface area contributed by atoms with E-state index in [0.29, 0.717) is 5.56 Å². The molecule has 0 bridgehead atoms. The summed E-state index contributed by atoms with van der Waals surface area (Å²) in [6.07, 6.45) is 0. The van der Waals surface area contributed by atoms with Gasteiger partial charge in [0, 0.05) is 10.0 Å². The maximum Gasteiger partial charge on any atom is 0.380 e. The molecular weight excluding hydrogens is 270 g/mol. The van der Waals surface area contributed by atoms with Gasteiger partial charge in [-0.25, -0.2) is 0 Å². The summed E-state index contributed by atoms with van der Waals surface area (Å²) in [7, 11) is -3.95. The minimum atomic E-state index is -3.95. The Kier molecular flexibility index (Phi) is 3.18. The molecule has 0 heterocycles. The molecule has 1 aromatic carbocycles. The van der Waals surface area contributed by atoms with Crippen molar-refractivity contribution in [2.24, 2.45) is 5.14 Å². The fraction of sp³-hybridized carbons (Fsp3) is 0.250. The van der Waals surface area contributed by atoms with E-state index >= 15 is 0 Å². The number of hydrogen-bond acceptors (Lipinski definition) is 3. The van der Waals surface area contributed by atoms with E-state index in [4.69, 9.17) is 5.14 Å². The molecule has 0 saturated carbocycles. The van der Waals surface area contributed by atoms with Gasteiger partial charge >= 0.3 is 10.3 Å². The zero-order valence-corrected chi connectivity index (χ0v) is 10.1. The van der Waals surface area contributed by atoms with Gasteiger partial charge in [-0.05, 0) is 25.5 Å². The van der Waals surface area contributed by atoms with Gasteiger partial charge in [0.1, 0.15) is 5.75 Å². The Morgan fingerprint density at radius 3 is 2.43 bits per heavy atom. The molecule has 4 nitrogen and oxygen atoms in total. The SMILES string of the molecule is Cc1ccc(OS(N)(=O)=O)c(C)c1Br. The van der Waals surface area contributed by atoms with Crippen molar-refractivity contribution in [2.75, 3.05) is 0 Å². The monoisotopic (exact) mass is 279 g/mol. The molecule has 0 saturated heterocycles. The maximum atomic E-state index is 10.7. The third-order valence-electron chi connectivity index (χ3n) is 1.74. The minimum absolute atomic E-state index is 0.241. The molecule has 1 aromatic rings. The van der Waals surface area contributed by atoms with Crippen molar-refractivity contribution in [1.29, 1.82) is 0 Å². The van der Waals surface area contributed by atoms with E-state index in [9.17, 15) is 8.42 Å². The van der Waals surface area contributed by atoms with Gasteiger partial charge < -0.3 is 4.18 Å². The molecule has 0 fully saturated rings. The highest BCUT2D eigenvalue weighted by Gasteiger charge is 2.10. The Morgan fingerprint density at radius 2 is 1.93 bits per heavy atom. The zero-order chi connectivity index (χ0) is 10.9. The van der Waals surface area contributed by atoms with Crippen molar-refractivity contribution in [3.8, 4) is 5.75 Å². The van der Waals surface area contributed by atoms with Crippen LogP contribution in [0.4, 0.5) is 0 Å². The van der Waals surface area contributed by atoms with Crippen LogP contribution in [-0.4, -0.2) is 8.42 Å². The van der Waals surface area contributed by atoms with Crippen LogP contribution in [0.3, 0.4) is 0 Å². The molecule has 0 unspecified atom stereocenters. The van der Waals surface area contributed by atoms with Crippen LogP contribution in [0.1, 0.15) is 11.1 Å². The average Bonchev–Trinajstić information content (AvgIpc) is 2.04. The van der Waals surface area contributed by atoms with Gasteiger partial charge in [-0.15, -0.1) is 0 Å². The molecule has 14 heavy (non-hydrogen) atoms. The summed E-state index contributed by atoms with van der Waals surface area (Å²) < 4.78 is 26.8. The molecular formula is C8H10BrNO3S. The first-order valence-electron chi connectivity index (χ1n) is 3.79. The van der Waals surface area contributed by atoms with Crippen molar-refractivity contribution >= 4 is 26.2 Å². The van der Waals surface area contributed by atoms with Gasteiger partial charge in [0.25, 0.3) is 0 Å². The molecule has 6 heteroatoms. The lowest BCUT2D eigenvalue weighted by Gasteiger charge is -2.09. The van der Waals surface area contributed by atoms with Crippen molar-refractivity contribution in [1.82, 2.24) is 0 Å². The van der Waals surface area contributed by atoms with Gasteiger partial charge in [-0.1, -0.05) is 22.0 Å². The second-order valence-electron chi connectivity index (χ2n) is 2.90. The molecule has 0 atom stereocenters. The van der Waals surface area contributed by atoms with E-state index in [-0.39, 0.29) is 5.75 Å². The van der Waals surface area contributed by atoms with Gasteiger partial charge in [0.05, 0.1) is 0 Å². The van der Waals surface area contributed by atoms with Crippen LogP contribution in [-0.2, 0) is 10.3 Å². The third kappa shape index (κ3) is 2.70. The molecule has 78 valence electrons. The van der Waals surface area contributed by atoms with Crippen molar-refractivity contribution in [3.63, 3.8) is 0 Å². The fourth-order valence-electron chi connectivity index (χ4n) is 1.02. The molecule has 1 rings (SSSR count). The average molecular weight is 280 g/mol. The highest BCUT2D eigenvalue weighted by Crippen LogP contribution is 2.29. The Hall–Kier alpha value is -0.590. The lowest BCUT2D eigenvalue weighted by molar-refractivity contribution is 0.485. The number of halogens is 1. The quantitative estimate of drug-likeness (QED) is 0.895. The second kappa shape index (κ2) is 3.88. The first-order chi connectivity index (χ1) is 6.31. The number of benzene rings is 1. The molecule has 0 aliphatic carbocycles. The van der Waals surface area contributed by atoms with Gasteiger partial charge in [0.15, 0.2) is 0 Å². The Bertz CT molecular complexity index is 456. The summed E-state index contributed by atoms with van der Waals surface area (Å²) in [4.78, 5) is 0. The van der Waals surface area contributed by atoms with Crippen LogP contribution in [0.15, 0.2) is 16.6 Å². The molecule has 0 amide bonds. The van der Waals surface area contributed by atoms with Crippen LogP contribution in [0.5, 0.6) is 5.75 Å². The summed E-state index contributed by atoms with van der Waals surface area (Å²) in [5, 5.41) is 4.76. The van der Waals surface area contributed by atoms with Crippen LogP contribution < -0.4 is 9.32 Å². The Labute approximate surface area is 91.5 Å². The van der Waals surface area contributed by atoms with Crippen molar-refractivity contribution in [2.45, 2.75) is 13.8 Å². The van der Waals surface area contributed by atoms with Gasteiger partial charge in [-0.3, -0.25) is 0 Å². The molecule has 0 aromatic heterocycles. The summed E-state index contributed by atoms with van der Waals surface area (Å²) in [6, 6.07) is 3.32. The van der Waals surface area contributed by atoms with Crippen LogP contribution in [0.25, 0.3) is 0 Å². The summed E-state index contributed by atoms with van der Waals surface area (Å²) in [5.74, 6) is 0.241. The lowest BCUT2D eigenvalue weighted by atomic mass is 10.1. The van der Waals surface area contributed by atoms with Crippen molar-refractivity contribution in [3.05, 3.63) is 27.7 Å². The van der Waals surface area contributed by atoms with E-state index in [1.54, 1.807) is 19.1 Å². The van der Waals surface area contributed by atoms with E-state index < -0.39 is 10.3 Å². The number of hydrogen-bond donors (Lipinski definition) is 1. The maximum absolute atomic E-state index is 10.7. The van der Waals surface area contributed by atoms with Crippen LogP contribution >= 0.6 is 15.9 Å². The van der Waals surface area contributed by atoms with E-state index in [2.05, 4.69) is 20.1 Å². The first kappa shape index (κ1) is 11.5. The molecule has 0 aliphatic heterocycles. The van der Waals surface area contributed by atoms with Gasteiger partial charge in [0.2, 0.25) is 0 Å². The van der Waals surface area contributed by atoms with E-state index in [1.807, 2.05) is 6.92 Å². The predicted molar refractivity (Wildman–Crippen MR) is 57.4 cm³/mol. The molecule has 2 N–H and O–H groups in total. The van der Waals surface area contributed by atoms with E-state index in [1.165, 1.54) is 0 Å². The summed E-state index contributed by atoms with van der Waals surface area (Å²) in [5.41, 5.74) is 1.71. The Balaban J connectivity index is 3.19. The highest BCUT2D eigenvalue weighted by molar-refractivity contribution is 9.10. The summed E-state index contributed by atoms with van der Waals surface area (Å²) >= 11 is 3.32. The first-order valence-corrected chi connectivity index (χ1v) is 6.05. The number of aryl methyl sites for hydroxylation is 1. The van der Waals surface area contributed by atoms with E-state index in [0.717, 1.165) is 10.0 Å². The Morgan fingerprint density at radius 1 is 1.36 bits per heavy atom. The fourth-order valence-corrected chi connectivity index (χ4v) is 1.78. The topological polar surface area (TPSA) is 69.4 Å². The summed E-state index contributed by atoms with van der Waals surface area (Å²) in [6.45, 7) is 3.65. The van der Waals surface area contributed by atoms with Crippen molar-refractivity contribution < 1.29 is 12.6 Å². The second-order valence-corrected chi connectivity index (χ2v) is 4.84. The lowest BCUT2D eigenvalue weighted by Crippen LogP contribution is -2.19. The third-order valence-corrected chi connectivity index (χ3v) is 3.37. The predicted octanol–water partition coefficient (Wildman–Crippen LogP) is 1.65. The normalized spacial score (nSPS) is 11.4. The van der Waals surface area contributed by atoms with Crippen LogP contribution in [0.2, 0.25) is 0 Å². The molecule has 0 spiro atoms. The minimum Gasteiger partial charge on any atom is -0.371 e. The van der Waals surface area contributed by atoms with Gasteiger partial charge in [-0.2, -0.15) is 13.6 Å². The number of rotatable bonds is 2. The smallest absolute Gasteiger partial charge is 0.371 e. The van der Waals surface area contributed by atoms with Crippen LogP contribution in [0, 0.1) is 13.8 Å².